The highest BCUT2D eigenvalue weighted by molar-refractivity contribution is 6.54. The fraction of sp³-hybridized carbons (Fsp3) is 0.857. The summed E-state index contributed by atoms with van der Waals surface area (Å²) in [7, 11) is -0.183. The van der Waals surface area contributed by atoms with Crippen LogP contribution in [-0.4, -0.2) is 29.5 Å². The van der Waals surface area contributed by atoms with E-state index in [4.69, 9.17) is 9.31 Å². The summed E-state index contributed by atoms with van der Waals surface area (Å²) in [6.07, 6.45) is 5.07. The summed E-state index contributed by atoms with van der Waals surface area (Å²) in [5.74, 6) is 1.14. The van der Waals surface area contributed by atoms with E-state index in [0.29, 0.717) is 11.8 Å². The Morgan fingerprint density at radius 2 is 1.78 bits per heavy atom. The van der Waals surface area contributed by atoms with Gasteiger partial charge in [0.15, 0.2) is 0 Å². The molecule has 1 N–H and O–H groups in total. The van der Waals surface area contributed by atoms with E-state index in [9.17, 15) is 5.11 Å². The number of aliphatic hydroxyl groups excluding tert-OH is 1. The molecule has 1 aliphatic heterocycles. The van der Waals surface area contributed by atoms with Gasteiger partial charge in [-0.2, -0.15) is 0 Å². The monoisotopic (exact) mass is 250 g/mol. The Morgan fingerprint density at radius 3 is 2.33 bits per heavy atom. The SMILES string of the molecule is CC1(C)OB(C2=C[C@H]3CC(O)CC3C2)OC1(C)C. The smallest absolute Gasteiger partial charge is 0.400 e. The standard InChI is InChI=1S/C14H23BO3/c1-13(2)14(3,4)18-15(17-13)11-5-9-7-12(16)8-10(9)6-11/h5,9-10,12,16H,6-8H2,1-4H3/t9-,10?,12?/m0/s1. The van der Waals surface area contributed by atoms with E-state index in [1.165, 1.54) is 5.47 Å². The summed E-state index contributed by atoms with van der Waals surface area (Å²) in [6.45, 7) is 8.36. The Morgan fingerprint density at radius 1 is 1.17 bits per heavy atom. The molecule has 0 aromatic carbocycles. The van der Waals surface area contributed by atoms with Crippen LogP contribution in [0.5, 0.6) is 0 Å². The summed E-state index contributed by atoms with van der Waals surface area (Å²) >= 11 is 0. The second kappa shape index (κ2) is 3.84. The number of allylic oxidation sites excluding steroid dienone is 2. The van der Waals surface area contributed by atoms with Crippen molar-refractivity contribution in [3.8, 4) is 0 Å². The highest BCUT2D eigenvalue weighted by Crippen LogP contribution is 2.47. The van der Waals surface area contributed by atoms with Gasteiger partial charge >= 0.3 is 7.12 Å². The zero-order valence-corrected chi connectivity index (χ0v) is 11.8. The first-order valence-corrected chi connectivity index (χ1v) is 7.03. The maximum Gasteiger partial charge on any atom is 0.490 e. The molecular weight excluding hydrogens is 227 g/mol. The normalized spacial score (nSPS) is 41.1. The van der Waals surface area contributed by atoms with Crippen molar-refractivity contribution in [2.75, 3.05) is 0 Å². The maximum absolute atomic E-state index is 9.66. The molecule has 2 aliphatic carbocycles. The molecule has 100 valence electrons. The van der Waals surface area contributed by atoms with E-state index < -0.39 is 0 Å². The third-order valence-corrected chi connectivity index (χ3v) is 5.21. The average molecular weight is 250 g/mol. The molecule has 4 heteroatoms. The van der Waals surface area contributed by atoms with Crippen LogP contribution in [0.2, 0.25) is 0 Å². The molecule has 1 heterocycles. The number of hydrogen-bond donors (Lipinski definition) is 1. The summed E-state index contributed by atoms with van der Waals surface area (Å²) in [4.78, 5) is 0. The van der Waals surface area contributed by atoms with Crippen molar-refractivity contribution >= 4 is 7.12 Å². The summed E-state index contributed by atoms with van der Waals surface area (Å²) in [5.41, 5.74) is 0.779. The molecule has 0 aromatic rings. The Labute approximate surface area is 110 Å². The quantitative estimate of drug-likeness (QED) is 0.726. The highest BCUT2D eigenvalue weighted by Gasteiger charge is 2.54. The second-order valence-electron chi connectivity index (χ2n) is 7.08. The first kappa shape index (κ1) is 12.7. The van der Waals surface area contributed by atoms with Gasteiger partial charge in [0.05, 0.1) is 17.3 Å². The van der Waals surface area contributed by atoms with Crippen molar-refractivity contribution in [1.82, 2.24) is 0 Å². The van der Waals surface area contributed by atoms with Crippen LogP contribution in [0, 0.1) is 11.8 Å². The topological polar surface area (TPSA) is 38.7 Å². The summed E-state index contributed by atoms with van der Waals surface area (Å²) in [5, 5.41) is 9.66. The molecule has 3 aliphatic rings. The first-order chi connectivity index (χ1) is 8.28. The van der Waals surface area contributed by atoms with E-state index in [2.05, 4.69) is 33.8 Å². The zero-order chi connectivity index (χ0) is 13.1. The fourth-order valence-corrected chi connectivity index (χ4v) is 3.38. The van der Waals surface area contributed by atoms with Crippen LogP contribution in [-0.2, 0) is 9.31 Å². The average Bonchev–Trinajstić information content (AvgIpc) is 2.77. The molecule has 1 saturated heterocycles. The lowest BCUT2D eigenvalue weighted by Gasteiger charge is -2.32. The first-order valence-electron chi connectivity index (χ1n) is 7.03. The third-order valence-electron chi connectivity index (χ3n) is 5.21. The van der Waals surface area contributed by atoms with Crippen molar-refractivity contribution in [3.63, 3.8) is 0 Å². The Balaban J connectivity index is 1.74. The lowest BCUT2D eigenvalue weighted by atomic mass is 9.76. The van der Waals surface area contributed by atoms with Crippen molar-refractivity contribution < 1.29 is 14.4 Å². The van der Waals surface area contributed by atoms with Crippen molar-refractivity contribution in [2.24, 2.45) is 11.8 Å². The van der Waals surface area contributed by atoms with Gasteiger partial charge in [0, 0.05) is 0 Å². The Bertz CT molecular complexity index is 373. The summed E-state index contributed by atoms with van der Waals surface area (Å²) in [6, 6.07) is 0. The van der Waals surface area contributed by atoms with Crippen LogP contribution >= 0.6 is 0 Å². The van der Waals surface area contributed by atoms with E-state index >= 15 is 0 Å². The molecule has 0 aromatic heterocycles. The molecule has 0 amide bonds. The molecule has 0 radical (unpaired) electrons. The van der Waals surface area contributed by atoms with Crippen LogP contribution in [0.15, 0.2) is 11.5 Å². The fourth-order valence-electron chi connectivity index (χ4n) is 3.38. The molecule has 18 heavy (non-hydrogen) atoms. The van der Waals surface area contributed by atoms with Crippen LogP contribution in [0.25, 0.3) is 0 Å². The number of fused-ring (bicyclic) bond motifs is 1. The van der Waals surface area contributed by atoms with Gasteiger partial charge in [0.25, 0.3) is 0 Å². The molecule has 2 unspecified atom stereocenters. The second-order valence-corrected chi connectivity index (χ2v) is 7.08. The predicted molar refractivity (Wildman–Crippen MR) is 71.0 cm³/mol. The van der Waals surface area contributed by atoms with Crippen LogP contribution in [0.4, 0.5) is 0 Å². The van der Waals surface area contributed by atoms with Crippen molar-refractivity contribution in [2.45, 2.75) is 64.3 Å². The van der Waals surface area contributed by atoms with E-state index in [0.717, 1.165) is 19.3 Å². The van der Waals surface area contributed by atoms with Crippen LogP contribution in [0.1, 0.15) is 47.0 Å². The van der Waals surface area contributed by atoms with Gasteiger partial charge in [-0.15, -0.1) is 0 Å². The Kier molecular flexibility index (Phi) is 2.71. The van der Waals surface area contributed by atoms with Crippen LogP contribution < -0.4 is 0 Å². The third kappa shape index (κ3) is 1.86. The van der Waals surface area contributed by atoms with E-state index in [-0.39, 0.29) is 24.4 Å². The number of hydrogen-bond acceptors (Lipinski definition) is 3. The molecule has 3 atom stereocenters. The molecule has 3 rings (SSSR count). The molecule has 0 spiro atoms. The lowest BCUT2D eigenvalue weighted by Crippen LogP contribution is -2.41. The van der Waals surface area contributed by atoms with Gasteiger partial charge in [0.1, 0.15) is 0 Å². The van der Waals surface area contributed by atoms with Gasteiger partial charge in [-0.05, 0) is 64.3 Å². The number of aliphatic hydroxyl groups is 1. The minimum Gasteiger partial charge on any atom is -0.400 e. The predicted octanol–water partition coefficient (Wildman–Crippen LogP) is 2.33. The maximum atomic E-state index is 9.66. The molecule has 3 nitrogen and oxygen atoms in total. The van der Waals surface area contributed by atoms with Gasteiger partial charge in [-0.25, -0.2) is 0 Å². The van der Waals surface area contributed by atoms with E-state index in [1.807, 2.05) is 0 Å². The van der Waals surface area contributed by atoms with Gasteiger partial charge < -0.3 is 14.4 Å². The minimum absolute atomic E-state index is 0.101. The molecule has 0 bridgehead atoms. The van der Waals surface area contributed by atoms with Gasteiger partial charge in [0.2, 0.25) is 0 Å². The highest BCUT2D eigenvalue weighted by atomic mass is 16.7. The largest absolute Gasteiger partial charge is 0.490 e. The Hall–Kier alpha value is -0.315. The van der Waals surface area contributed by atoms with Gasteiger partial charge in [-0.3, -0.25) is 0 Å². The zero-order valence-electron chi connectivity index (χ0n) is 11.8. The van der Waals surface area contributed by atoms with Crippen molar-refractivity contribution in [3.05, 3.63) is 11.5 Å². The van der Waals surface area contributed by atoms with Crippen molar-refractivity contribution in [1.29, 1.82) is 0 Å². The molecule has 1 saturated carbocycles. The minimum atomic E-state index is -0.254. The molecule has 2 fully saturated rings. The van der Waals surface area contributed by atoms with E-state index in [1.54, 1.807) is 0 Å². The summed E-state index contributed by atoms with van der Waals surface area (Å²) < 4.78 is 12.2. The van der Waals surface area contributed by atoms with Crippen LogP contribution in [0.3, 0.4) is 0 Å². The lowest BCUT2D eigenvalue weighted by molar-refractivity contribution is 0.00578. The molecular formula is C14H23BO3. The van der Waals surface area contributed by atoms with Gasteiger partial charge in [-0.1, -0.05) is 6.08 Å². The number of rotatable bonds is 1.